The van der Waals surface area contributed by atoms with Crippen LogP contribution in [0.3, 0.4) is 0 Å². The molecule has 5 N–H and O–H groups in total. The van der Waals surface area contributed by atoms with Crippen LogP contribution in [0.4, 0.5) is 5.82 Å². The number of nitrogens with two attached hydrogens (primary N) is 1. The van der Waals surface area contributed by atoms with Crippen LogP contribution in [0.2, 0.25) is 5.02 Å². The molecule has 2 amide bonds. The number of aromatic amines is 2. The van der Waals surface area contributed by atoms with Gasteiger partial charge in [0, 0.05) is 17.0 Å². The fourth-order valence-electron chi connectivity index (χ4n) is 2.96. The Labute approximate surface area is 181 Å². The van der Waals surface area contributed by atoms with Gasteiger partial charge in [-0.1, -0.05) is 35.9 Å². The molecule has 0 saturated heterocycles. The van der Waals surface area contributed by atoms with Gasteiger partial charge in [0.05, 0.1) is 5.69 Å². The molecular weight excluding hydrogens is 420 g/mol. The standard InChI is InChI=1S/C21H16ClN6O3/c22-13-5-3-12(4-6-13)15-10-16(28-27-15)21(31)26-20-18(19(23)30)24-17(25-20)9-11-1-7-14(29)8-2-11/h1-8,10H,9H2,(H2,23,30)(H,24,25)(H,26,31)(H,27,28). The molecule has 2 aromatic carbocycles. The lowest BCUT2D eigenvalue weighted by molar-refractivity contribution is 0.0997. The fraction of sp³-hybridized carbons (Fsp3) is 0.0476. The summed E-state index contributed by atoms with van der Waals surface area (Å²) in [6.45, 7) is 0. The zero-order valence-electron chi connectivity index (χ0n) is 16.0. The maximum Gasteiger partial charge on any atom is 0.274 e. The second-order valence-electron chi connectivity index (χ2n) is 6.72. The average Bonchev–Trinajstić information content (AvgIpc) is 3.38. The summed E-state index contributed by atoms with van der Waals surface area (Å²) in [5, 5.41) is 21.2. The zero-order chi connectivity index (χ0) is 22.0. The quantitative estimate of drug-likeness (QED) is 0.366. The largest absolute Gasteiger partial charge is 0.364 e. The normalized spacial score (nSPS) is 10.7. The summed E-state index contributed by atoms with van der Waals surface area (Å²) < 4.78 is 0. The van der Waals surface area contributed by atoms with Crippen LogP contribution in [0.5, 0.6) is 5.75 Å². The number of amides is 2. The maximum absolute atomic E-state index is 12.7. The molecule has 155 valence electrons. The van der Waals surface area contributed by atoms with E-state index in [2.05, 4.69) is 25.5 Å². The summed E-state index contributed by atoms with van der Waals surface area (Å²) in [6, 6.07) is 14.8. The maximum atomic E-state index is 12.7. The Kier molecular flexibility index (Phi) is 5.42. The number of aromatic nitrogens is 4. The highest BCUT2D eigenvalue weighted by molar-refractivity contribution is 6.30. The number of primary amides is 1. The Bertz CT molecular complexity index is 1250. The average molecular weight is 436 g/mol. The first-order chi connectivity index (χ1) is 14.9. The minimum absolute atomic E-state index is 0.0792. The van der Waals surface area contributed by atoms with Crippen molar-refractivity contribution < 1.29 is 14.7 Å². The second-order valence-corrected chi connectivity index (χ2v) is 7.16. The molecule has 10 heteroatoms. The van der Waals surface area contributed by atoms with Crippen LogP contribution in [-0.4, -0.2) is 32.0 Å². The minimum Gasteiger partial charge on any atom is -0.364 e. The topological polar surface area (TPSA) is 149 Å². The van der Waals surface area contributed by atoms with E-state index in [-0.39, 0.29) is 23.0 Å². The molecule has 0 atom stereocenters. The molecule has 2 aromatic heterocycles. The van der Waals surface area contributed by atoms with Crippen molar-refractivity contribution in [1.29, 1.82) is 0 Å². The highest BCUT2D eigenvalue weighted by Gasteiger charge is 2.19. The van der Waals surface area contributed by atoms with Gasteiger partial charge in [-0.15, -0.1) is 0 Å². The second kappa shape index (κ2) is 8.33. The smallest absolute Gasteiger partial charge is 0.274 e. The number of rotatable bonds is 6. The number of halogens is 1. The molecule has 0 fully saturated rings. The van der Waals surface area contributed by atoms with Crippen molar-refractivity contribution in [2.24, 2.45) is 5.73 Å². The molecule has 0 aliphatic rings. The van der Waals surface area contributed by atoms with Crippen molar-refractivity contribution in [3.05, 3.63) is 82.4 Å². The van der Waals surface area contributed by atoms with Gasteiger partial charge in [-0.2, -0.15) is 5.10 Å². The van der Waals surface area contributed by atoms with Gasteiger partial charge in [0.25, 0.3) is 11.8 Å². The number of carbonyl (C=O) groups excluding carboxylic acids is 2. The first-order valence-electron chi connectivity index (χ1n) is 9.16. The SMILES string of the molecule is NC(=O)c1nc(Cc2ccc([O])cc2)[nH]c1NC(=O)c1cc(-c2ccc(Cl)cc2)n[nH]1. The van der Waals surface area contributed by atoms with Crippen molar-refractivity contribution in [3.8, 4) is 17.0 Å². The molecule has 0 bridgehead atoms. The summed E-state index contributed by atoms with van der Waals surface area (Å²) in [6.07, 6.45) is 0.321. The number of benzene rings is 2. The van der Waals surface area contributed by atoms with Crippen LogP contribution >= 0.6 is 11.6 Å². The van der Waals surface area contributed by atoms with Gasteiger partial charge < -0.3 is 16.0 Å². The van der Waals surface area contributed by atoms with E-state index in [4.69, 9.17) is 17.3 Å². The number of nitrogens with zero attached hydrogens (tertiary/aromatic N) is 2. The summed E-state index contributed by atoms with van der Waals surface area (Å²) in [5.41, 5.74) is 7.64. The van der Waals surface area contributed by atoms with Crippen molar-refractivity contribution in [3.63, 3.8) is 0 Å². The predicted octanol–water partition coefficient (Wildman–Crippen LogP) is 3.54. The number of carbonyl (C=O) groups is 2. The number of hydrogen-bond donors (Lipinski definition) is 4. The molecule has 0 spiro atoms. The van der Waals surface area contributed by atoms with Crippen LogP contribution < -0.4 is 11.1 Å². The monoisotopic (exact) mass is 435 g/mol. The van der Waals surface area contributed by atoms with Crippen LogP contribution in [0, 0.1) is 0 Å². The summed E-state index contributed by atoms with van der Waals surface area (Å²) in [4.78, 5) is 31.5. The third kappa shape index (κ3) is 4.57. The fourth-order valence-corrected chi connectivity index (χ4v) is 3.09. The summed E-state index contributed by atoms with van der Waals surface area (Å²) >= 11 is 5.89. The molecule has 2 heterocycles. The van der Waals surface area contributed by atoms with Crippen molar-refractivity contribution in [2.75, 3.05) is 5.32 Å². The lowest BCUT2D eigenvalue weighted by Crippen LogP contribution is -2.18. The lowest BCUT2D eigenvalue weighted by Gasteiger charge is -2.02. The van der Waals surface area contributed by atoms with E-state index < -0.39 is 11.8 Å². The van der Waals surface area contributed by atoms with Gasteiger partial charge >= 0.3 is 0 Å². The van der Waals surface area contributed by atoms with E-state index in [0.29, 0.717) is 23.0 Å². The molecular formula is C21H16ClN6O3. The van der Waals surface area contributed by atoms with E-state index in [1.54, 1.807) is 42.5 Å². The van der Waals surface area contributed by atoms with Crippen LogP contribution in [-0.2, 0) is 11.5 Å². The van der Waals surface area contributed by atoms with E-state index >= 15 is 0 Å². The molecule has 0 unspecified atom stereocenters. The number of nitrogens with one attached hydrogen (secondary N) is 3. The molecule has 1 radical (unpaired) electrons. The number of imidazole rings is 1. The van der Waals surface area contributed by atoms with Crippen molar-refractivity contribution >= 4 is 29.2 Å². The third-order valence-corrected chi connectivity index (χ3v) is 4.73. The van der Waals surface area contributed by atoms with Gasteiger partial charge in [0.1, 0.15) is 17.3 Å². The molecule has 4 aromatic rings. The van der Waals surface area contributed by atoms with Gasteiger partial charge in [-0.25, -0.2) is 4.98 Å². The highest BCUT2D eigenvalue weighted by Crippen LogP contribution is 2.21. The first-order valence-corrected chi connectivity index (χ1v) is 9.54. The van der Waals surface area contributed by atoms with Crippen molar-refractivity contribution in [2.45, 2.75) is 6.42 Å². The molecule has 0 aliphatic heterocycles. The van der Waals surface area contributed by atoms with E-state index in [9.17, 15) is 14.7 Å². The van der Waals surface area contributed by atoms with Crippen molar-refractivity contribution in [1.82, 2.24) is 20.2 Å². The zero-order valence-corrected chi connectivity index (χ0v) is 16.7. The Morgan fingerprint density at radius 2 is 1.77 bits per heavy atom. The lowest BCUT2D eigenvalue weighted by atomic mass is 10.1. The minimum atomic E-state index is -0.792. The summed E-state index contributed by atoms with van der Waals surface area (Å²) in [5.74, 6) is -0.934. The Hall–Kier alpha value is -4.11. The van der Waals surface area contributed by atoms with Crippen LogP contribution in [0.1, 0.15) is 32.4 Å². The Morgan fingerprint density at radius 1 is 1.06 bits per heavy atom. The third-order valence-electron chi connectivity index (χ3n) is 4.48. The Morgan fingerprint density at radius 3 is 2.45 bits per heavy atom. The molecule has 4 rings (SSSR count). The van der Waals surface area contributed by atoms with Gasteiger partial charge in [-0.3, -0.25) is 19.8 Å². The molecule has 0 aliphatic carbocycles. The van der Waals surface area contributed by atoms with E-state index in [1.165, 1.54) is 12.1 Å². The number of hydrogen-bond acceptors (Lipinski definition) is 4. The van der Waals surface area contributed by atoms with Crippen LogP contribution in [0.15, 0.2) is 54.6 Å². The van der Waals surface area contributed by atoms with Gasteiger partial charge in [0.2, 0.25) is 0 Å². The Balaban J connectivity index is 1.53. The van der Waals surface area contributed by atoms with Gasteiger partial charge in [0.15, 0.2) is 11.4 Å². The molecule has 31 heavy (non-hydrogen) atoms. The highest BCUT2D eigenvalue weighted by atomic mass is 35.5. The van der Waals surface area contributed by atoms with Gasteiger partial charge in [-0.05, 0) is 35.9 Å². The predicted molar refractivity (Wildman–Crippen MR) is 113 cm³/mol. The van der Waals surface area contributed by atoms with E-state index in [0.717, 1.165) is 11.1 Å². The number of anilines is 1. The van der Waals surface area contributed by atoms with E-state index in [1.807, 2.05) is 0 Å². The number of H-pyrrole nitrogens is 2. The first kappa shape index (κ1) is 20.2. The molecule has 9 nitrogen and oxygen atoms in total. The summed E-state index contributed by atoms with van der Waals surface area (Å²) in [7, 11) is 0. The van der Waals surface area contributed by atoms with Crippen LogP contribution in [0.25, 0.3) is 11.3 Å². The molecule has 0 saturated carbocycles.